The van der Waals surface area contributed by atoms with Gasteiger partial charge in [-0.05, 0) is 71.0 Å². The summed E-state index contributed by atoms with van der Waals surface area (Å²) >= 11 is 0. The van der Waals surface area contributed by atoms with Crippen molar-refractivity contribution in [3.05, 3.63) is 59.7 Å². The second-order valence-electron chi connectivity index (χ2n) is 9.51. The number of halogens is 3. The molecule has 0 bridgehead atoms. The van der Waals surface area contributed by atoms with E-state index in [0.29, 0.717) is 12.1 Å². The van der Waals surface area contributed by atoms with Crippen molar-refractivity contribution < 1.29 is 43.1 Å². The summed E-state index contributed by atoms with van der Waals surface area (Å²) in [7, 11) is -8.17. The zero-order valence-electron chi connectivity index (χ0n) is 20.8. The minimum atomic E-state index is -4.58. The molecule has 0 amide bonds. The largest absolute Gasteiger partial charge is 0.416 e. The monoisotopic (exact) mass is 552 g/mol. The van der Waals surface area contributed by atoms with Gasteiger partial charge in [-0.15, -0.1) is 0 Å². The lowest BCUT2D eigenvalue weighted by Crippen LogP contribution is -2.39. The zero-order chi connectivity index (χ0) is 27.4. The van der Waals surface area contributed by atoms with Crippen molar-refractivity contribution in [2.24, 2.45) is 0 Å². The predicted molar refractivity (Wildman–Crippen MR) is 127 cm³/mol. The molecule has 0 atom stereocenters. The van der Waals surface area contributed by atoms with Gasteiger partial charge >= 0.3 is 6.18 Å². The summed E-state index contributed by atoms with van der Waals surface area (Å²) in [6.45, 7) is 8.36. The van der Waals surface area contributed by atoms with Crippen LogP contribution in [-0.2, 0) is 39.5 Å². The Kier molecular flexibility index (Phi) is 9.39. The fraction of sp³-hybridized carbons (Fsp3) is 0.500. The Bertz CT molecular complexity index is 1220. The van der Waals surface area contributed by atoms with E-state index in [2.05, 4.69) is 0 Å². The highest BCUT2D eigenvalue weighted by Gasteiger charge is 2.32. The Hall–Kier alpha value is -1.99. The van der Waals surface area contributed by atoms with E-state index in [4.69, 9.17) is 13.1 Å². The number of hydrogen-bond donors (Lipinski definition) is 0. The summed E-state index contributed by atoms with van der Waals surface area (Å²) < 4.78 is 104. The molecule has 0 aliphatic heterocycles. The van der Waals surface area contributed by atoms with Crippen LogP contribution in [0.25, 0.3) is 0 Å². The van der Waals surface area contributed by atoms with Gasteiger partial charge in [0.15, 0.2) is 0 Å². The molecule has 12 heteroatoms. The van der Waals surface area contributed by atoms with Crippen molar-refractivity contribution >= 4 is 20.2 Å². The number of rotatable bonds is 12. The summed E-state index contributed by atoms with van der Waals surface area (Å²) in [5.74, 6) is 0. The Balaban J connectivity index is 1.87. The first-order valence-electron chi connectivity index (χ1n) is 11.1. The average molecular weight is 553 g/mol. The third-order valence-electron chi connectivity index (χ3n) is 5.22. The van der Waals surface area contributed by atoms with Crippen LogP contribution in [-0.4, -0.2) is 41.3 Å². The molecule has 0 N–H and O–H groups in total. The van der Waals surface area contributed by atoms with Gasteiger partial charge in [0.05, 0.1) is 39.8 Å². The Morgan fingerprint density at radius 1 is 0.667 bits per heavy atom. The van der Waals surface area contributed by atoms with Crippen molar-refractivity contribution in [1.82, 2.24) is 0 Å². The zero-order valence-corrected chi connectivity index (χ0v) is 22.4. The van der Waals surface area contributed by atoms with Gasteiger partial charge in [-0.25, -0.2) is 0 Å². The fourth-order valence-electron chi connectivity index (χ4n) is 3.30. The lowest BCUT2D eigenvalue weighted by atomic mass is 10.0. The van der Waals surface area contributed by atoms with E-state index in [0.717, 1.165) is 17.7 Å². The molecule has 7 nitrogen and oxygen atoms in total. The van der Waals surface area contributed by atoms with Gasteiger partial charge in [0, 0.05) is 12.8 Å². The summed E-state index contributed by atoms with van der Waals surface area (Å²) in [6.07, 6.45) is -4.21. The first-order valence-corrected chi connectivity index (χ1v) is 13.9. The van der Waals surface area contributed by atoms with Gasteiger partial charge in [-0.2, -0.15) is 30.0 Å². The number of aryl methyl sites for hydroxylation is 1. The molecule has 0 spiro atoms. The minimum absolute atomic E-state index is 0.0542. The van der Waals surface area contributed by atoms with Crippen LogP contribution in [0, 0.1) is 6.92 Å². The molecule has 0 fully saturated rings. The summed E-state index contributed by atoms with van der Waals surface area (Å²) in [5, 5.41) is 0. The number of benzene rings is 2. The maximum atomic E-state index is 12.7. The Labute approximate surface area is 210 Å². The Morgan fingerprint density at radius 3 is 1.39 bits per heavy atom. The van der Waals surface area contributed by atoms with E-state index in [1.54, 1.807) is 39.8 Å². The topological polar surface area (TPSA) is 96.0 Å². The van der Waals surface area contributed by atoms with E-state index in [1.165, 1.54) is 12.1 Å². The molecule has 0 aliphatic rings. The van der Waals surface area contributed by atoms with Crippen molar-refractivity contribution in [3.63, 3.8) is 0 Å². The molecule has 0 aromatic heterocycles. The lowest BCUT2D eigenvalue weighted by Gasteiger charge is -2.36. The van der Waals surface area contributed by atoms with Crippen LogP contribution in [0.2, 0.25) is 0 Å². The quantitative estimate of drug-likeness (QED) is 0.322. The molecule has 2 aromatic rings. The number of alkyl halides is 3. The van der Waals surface area contributed by atoms with Gasteiger partial charge < -0.3 is 4.74 Å². The fourth-order valence-corrected chi connectivity index (χ4v) is 5.11. The van der Waals surface area contributed by atoms with E-state index < -0.39 is 43.2 Å². The maximum Gasteiger partial charge on any atom is 0.416 e. The molecular weight excluding hydrogens is 521 g/mol. The van der Waals surface area contributed by atoms with Crippen LogP contribution < -0.4 is 0 Å². The van der Waals surface area contributed by atoms with Crippen molar-refractivity contribution in [3.8, 4) is 0 Å². The maximum absolute atomic E-state index is 12.7. The Morgan fingerprint density at radius 2 is 1.03 bits per heavy atom. The molecular formula is C24H31F3O7S2. The van der Waals surface area contributed by atoms with Gasteiger partial charge in [-0.1, -0.05) is 17.7 Å². The van der Waals surface area contributed by atoms with Crippen molar-refractivity contribution in [2.75, 3.05) is 13.2 Å². The smallest absolute Gasteiger partial charge is 0.370 e. The van der Waals surface area contributed by atoms with Crippen LogP contribution in [0.5, 0.6) is 0 Å². The minimum Gasteiger partial charge on any atom is -0.370 e. The molecule has 2 aromatic carbocycles. The molecule has 2 rings (SSSR count). The highest BCUT2D eigenvalue weighted by atomic mass is 32.2. The summed E-state index contributed by atoms with van der Waals surface area (Å²) in [6, 6.07) is 9.31. The van der Waals surface area contributed by atoms with Crippen LogP contribution >= 0.6 is 0 Å². The van der Waals surface area contributed by atoms with Crippen LogP contribution in [0.1, 0.15) is 51.7 Å². The van der Waals surface area contributed by atoms with Crippen molar-refractivity contribution in [1.29, 1.82) is 0 Å². The first-order chi connectivity index (χ1) is 16.3. The second-order valence-corrected chi connectivity index (χ2v) is 12.7. The van der Waals surface area contributed by atoms with Gasteiger partial charge in [0.2, 0.25) is 0 Å². The normalized spacial score (nSPS) is 13.7. The van der Waals surface area contributed by atoms with Gasteiger partial charge in [-0.3, -0.25) is 8.37 Å². The summed E-state index contributed by atoms with van der Waals surface area (Å²) in [4.78, 5) is -0.333. The third-order valence-corrected chi connectivity index (χ3v) is 7.87. The first kappa shape index (κ1) is 30.2. The van der Waals surface area contributed by atoms with Crippen LogP contribution in [0.3, 0.4) is 0 Å². The van der Waals surface area contributed by atoms with Crippen LogP contribution in [0.15, 0.2) is 58.3 Å². The molecule has 36 heavy (non-hydrogen) atoms. The lowest BCUT2D eigenvalue weighted by molar-refractivity contribution is -0.137. The standard InChI is InChI=1S/C24H31F3O7S2/c1-18-6-10-20(11-7-18)35(28,29)32-16-14-22(2,3)34-23(4,5)15-17-33-36(30,31)21-12-8-19(9-13-21)24(25,26)27/h6-13H,14-17H2,1-5H3. The predicted octanol–water partition coefficient (Wildman–Crippen LogP) is 5.48. The van der Waals surface area contributed by atoms with Crippen molar-refractivity contribution in [2.45, 2.75) is 74.6 Å². The molecule has 0 radical (unpaired) electrons. The molecule has 0 unspecified atom stereocenters. The summed E-state index contributed by atoms with van der Waals surface area (Å²) in [5.41, 5.74) is -1.73. The average Bonchev–Trinajstić information content (AvgIpc) is 2.72. The highest BCUT2D eigenvalue weighted by molar-refractivity contribution is 7.87. The van der Waals surface area contributed by atoms with Gasteiger partial charge in [0.25, 0.3) is 20.2 Å². The highest BCUT2D eigenvalue weighted by Crippen LogP contribution is 2.30. The van der Waals surface area contributed by atoms with Gasteiger partial charge in [0.1, 0.15) is 0 Å². The van der Waals surface area contributed by atoms with E-state index in [9.17, 15) is 30.0 Å². The molecule has 0 heterocycles. The SMILES string of the molecule is Cc1ccc(S(=O)(=O)OCCC(C)(C)OC(C)(C)CCOS(=O)(=O)c2ccc(C(F)(F)F)cc2)cc1. The molecule has 0 saturated carbocycles. The number of hydrogen-bond acceptors (Lipinski definition) is 7. The second kappa shape index (κ2) is 11.2. The van der Waals surface area contributed by atoms with E-state index in [-0.39, 0.29) is 35.8 Å². The molecule has 202 valence electrons. The molecule has 0 saturated heterocycles. The van der Waals surface area contributed by atoms with E-state index in [1.807, 2.05) is 6.92 Å². The molecule has 0 aliphatic carbocycles. The van der Waals surface area contributed by atoms with Crippen LogP contribution in [0.4, 0.5) is 13.2 Å². The third kappa shape index (κ3) is 9.15. The number of ether oxygens (including phenoxy) is 1. The van der Waals surface area contributed by atoms with E-state index >= 15 is 0 Å².